The largest absolute Gasteiger partial charge is 0.374 e. The van der Waals surface area contributed by atoms with Gasteiger partial charge in [0, 0.05) is 31.2 Å². The summed E-state index contributed by atoms with van der Waals surface area (Å²) < 4.78 is 0. The molecule has 100 valence electrons. The molecule has 0 amide bonds. The van der Waals surface area contributed by atoms with E-state index in [4.69, 9.17) is 5.73 Å². The average Bonchev–Trinajstić information content (AvgIpc) is 2.49. The molecule has 0 bridgehead atoms. The molecule has 0 radical (unpaired) electrons. The highest BCUT2D eigenvalue weighted by atomic mass is 15.1. The van der Waals surface area contributed by atoms with Gasteiger partial charge in [-0.05, 0) is 17.7 Å². The number of para-hydroxylation sites is 1. The van der Waals surface area contributed by atoms with Gasteiger partial charge in [-0.1, -0.05) is 55.5 Å². The van der Waals surface area contributed by atoms with Gasteiger partial charge in [0.25, 0.3) is 0 Å². The van der Waals surface area contributed by atoms with Crippen LogP contribution >= 0.6 is 0 Å². The molecule has 2 aromatic carbocycles. The Balaban J connectivity index is 2.20. The Hall–Kier alpha value is -1.80. The second-order valence-corrected chi connectivity index (χ2v) is 5.32. The van der Waals surface area contributed by atoms with Crippen molar-refractivity contribution in [2.24, 2.45) is 5.73 Å². The van der Waals surface area contributed by atoms with Crippen LogP contribution in [0, 0.1) is 0 Å². The Morgan fingerprint density at radius 2 is 1.47 bits per heavy atom. The maximum Gasteiger partial charge on any atom is 0.0363 e. The minimum absolute atomic E-state index is 0.0359. The first-order valence-corrected chi connectivity index (χ1v) is 6.67. The molecule has 2 nitrogen and oxygen atoms in total. The van der Waals surface area contributed by atoms with Crippen molar-refractivity contribution >= 4 is 5.69 Å². The van der Waals surface area contributed by atoms with Gasteiger partial charge in [0.05, 0.1) is 0 Å². The number of hydrogen-bond donors (Lipinski definition) is 1. The number of rotatable bonds is 5. The second-order valence-electron chi connectivity index (χ2n) is 5.32. The van der Waals surface area contributed by atoms with Gasteiger partial charge < -0.3 is 10.6 Å². The number of likely N-dealkylation sites (N-methyl/N-ethyl adjacent to an activating group) is 1. The highest BCUT2D eigenvalue weighted by molar-refractivity contribution is 5.46. The van der Waals surface area contributed by atoms with Crippen LogP contribution in [-0.4, -0.2) is 20.1 Å². The van der Waals surface area contributed by atoms with Crippen molar-refractivity contribution in [1.82, 2.24) is 0 Å². The van der Waals surface area contributed by atoms with Gasteiger partial charge >= 0.3 is 0 Å². The van der Waals surface area contributed by atoms with Gasteiger partial charge in [-0.3, -0.25) is 0 Å². The molecule has 2 rings (SSSR count). The molecule has 2 aromatic rings. The van der Waals surface area contributed by atoms with Crippen LogP contribution in [0.5, 0.6) is 0 Å². The van der Waals surface area contributed by atoms with Crippen LogP contribution in [0.1, 0.15) is 12.5 Å². The fourth-order valence-electron chi connectivity index (χ4n) is 2.41. The summed E-state index contributed by atoms with van der Waals surface area (Å²) in [7, 11) is 2.12. The molecule has 0 fully saturated rings. The van der Waals surface area contributed by atoms with E-state index in [0.29, 0.717) is 6.54 Å². The zero-order valence-electron chi connectivity index (χ0n) is 11.7. The van der Waals surface area contributed by atoms with Crippen molar-refractivity contribution in [2.45, 2.75) is 12.3 Å². The van der Waals surface area contributed by atoms with Crippen LogP contribution in [0.4, 0.5) is 5.69 Å². The summed E-state index contributed by atoms with van der Waals surface area (Å²) in [5.74, 6) is 0. The molecule has 0 saturated heterocycles. The molecule has 0 spiro atoms. The Labute approximate surface area is 115 Å². The van der Waals surface area contributed by atoms with Crippen molar-refractivity contribution in [3.63, 3.8) is 0 Å². The second kappa shape index (κ2) is 5.89. The van der Waals surface area contributed by atoms with Gasteiger partial charge in [0.15, 0.2) is 0 Å². The molecule has 0 heterocycles. The number of hydrogen-bond acceptors (Lipinski definition) is 2. The van der Waals surface area contributed by atoms with E-state index in [9.17, 15) is 0 Å². The van der Waals surface area contributed by atoms with Crippen molar-refractivity contribution in [1.29, 1.82) is 0 Å². The monoisotopic (exact) mass is 254 g/mol. The molecular formula is C17H22N2. The Morgan fingerprint density at radius 1 is 0.947 bits per heavy atom. The minimum atomic E-state index is -0.0359. The summed E-state index contributed by atoms with van der Waals surface area (Å²) in [6.07, 6.45) is 0. The van der Waals surface area contributed by atoms with Gasteiger partial charge in [0.2, 0.25) is 0 Å². The summed E-state index contributed by atoms with van der Waals surface area (Å²) in [6.45, 7) is 3.76. The third kappa shape index (κ3) is 3.15. The number of anilines is 1. The lowest BCUT2D eigenvalue weighted by Gasteiger charge is -2.34. The fourth-order valence-corrected chi connectivity index (χ4v) is 2.41. The van der Waals surface area contributed by atoms with Gasteiger partial charge in [-0.25, -0.2) is 0 Å². The molecule has 2 heteroatoms. The summed E-state index contributed by atoms with van der Waals surface area (Å²) in [5, 5.41) is 0. The molecule has 0 saturated carbocycles. The standard InChI is InChI=1S/C17H22N2/c1-17(13-18,15-9-5-3-6-10-15)14-19(2)16-11-7-4-8-12-16/h3-12H,13-14,18H2,1-2H3. The Morgan fingerprint density at radius 3 is 2.00 bits per heavy atom. The molecule has 0 aliphatic carbocycles. The van der Waals surface area contributed by atoms with E-state index in [1.807, 2.05) is 12.1 Å². The third-order valence-electron chi connectivity index (χ3n) is 3.70. The van der Waals surface area contributed by atoms with Crippen LogP contribution in [-0.2, 0) is 5.41 Å². The van der Waals surface area contributed by atoms with Crippen LogP contribution in [0.25, 0.3) is 0 Å². The number of nitrogens with zero attached hydrogens (tertiary/aromatic N) is 1. The highest BCUT2D eigenvalue weighted by Gasteiger charge is 2.26. The van der Waals surface area contributed by atoms with Crippen LogP contribution in [0.3, 0.4) is 0 Å². The lowest BCUT2D eigenvalue weighted by Crippen LogP contribution is -2.42. The average molecular weight is 254 g/mol. The SMILES string of the molecule is CN(CC(C)(CN)c1ccccc1)c1ccccc1. The Kier molecular flexibility index (Phi) is 4.23. The first-order chi connectivity index (χ1) is 9.15. The smallest absolute Gasteiger partial charge is 0.0363 e. The molecule has 19 heavy (non-hydrogen) atoms. The predicted molar refractivity (Wildman–Crippen MR) is 82.6 cm³/mol. The summed E-state index contributed by atoms with van der Waals surface area (Å²) >= 11 is 0. The Bertz CT molecular complexity index is 495. The predicted octanol–water partition coefficient (Wildman–Crippen LogP) is 3.04. The number of nitrogens with two attached hydrogens (primary N) is 1. The fraction of sp³-hybridized carbons (Fsp3) is 0.294. The maximum atomic E-state index is 6.04. The quantitative estimate of drug-likeness (QED) is 0.888. The summed E-state index contributed by atoms with van der Waals surface area (Å²) in [6, 6.07) is 20.9. The van der Waals surface area contributed by atoms with Gasteiger partial charge in [0.1, 0.15) is 0 Å². The molecule has 0 aromatic heterocycles. The van der Waals surface area contributed by atoms with Crippen molar-refractivity contribution in [2.75, 3.05) is 25.0 Å². The number of benzene rings is 2. The zero-order chi connectivity index (χ0) is 13.7. The molecule has 1 unspecified atom stereocenters. The van der Waals surface area contributed by atoms with Crippen molar-refractivity contribution in [3.05, 3.63) is 66.2 Å². The van der Waals surface area contributed by atoms with Gasteiger partial charge in [-0.15, -0.1) is 0 Å². The molecule has 0 aliphatic heterocycles. The molecule has 1 atom stereocenters. The zero-order valence-corrected chi connectivity index (χ0v) is 11.7. The summed E-state index contributed by atoms with van der Waals surface area (Å²) in [5.41, 5.74) is 8.52. The van der Waals surface area contributed by atoms with Crippen molar-refractivity contribution < 1.29 is 0 Å². The van der Waals surface area contributed by atoms with E-state index >= 15 is 0 Å². The normalized spacial score (nSPS) is 13.8. The van der Waals surface area contributed by atoms with Crippen LogP contribution < -0.4 is 10.6 Å². The molecule has 0 aliphatic rings. The van der Waals surface area contributed by atoms with Crippen LogP contribution in [0.2, 0.25) is 0 Å². The van der Waals surface area contributed by atoms with Crippen LogP contribution in [0.15, 0.2) is 60.7 Å². The molecule has 2 N–H and O–H groups in total. The van der Waals surface area contributed by atoms with E-state index in [0.717, 1.165) is 6.54 Å². The lowest BCUT2D eigenvalue weighted by atomic mass is 9.82. The van der Waals surface area contributed by atoms with E-state index in [-0.39, 0.29) is 5.41 Å². The third-order valence-corrected chi connectivity index (χ3v) is 3.70. The lowest BCUT2D eigenvalue weighted by molar-refractivity contribution is 0.485. The van der Waals surface area contributed by atoms with E-state index < -0.39 is 0 Å². The van der Waals surface area contributed by atoms with E-state index in [2.05, 4.69) is 67.4 Å². The minimum Gasteiger partial charge on any atom is -0.374 e. The van der Waals surface area contributed by atoms with Crippen molar-refractivity contribution in [3.8, 4) is 0 Å². The maximum absolute atomic E-state index is 6.04. The van der Waals surface area contributed by atoms with E-state index in [1.165, 1.54) is 11.3 Å². The molecular weight excluding hydrogens is 232 g/mol. The van der Waals surface area contributed by atoms with E-state index in [1.54, 1.807) is 0 Å². The van der Waals surface area contributed by atoms with Gasteiger partial charge in [-0.2, -0.15) is 0 Å². The summed E-state index contributed by atoms with van der Waals surface area (Å²) in [4.78, 5) is 2.26. The first kappa shape index (κ1) is 13.6. The first-order valence-electron chi connectivity index (χ1n) is 6.67. The highest BCUT2D eigenvalue weighted by Crippen LogP contribution is 2.25. The topological polar surface area (TPSA) is 29.3 Å².